The summed E-state index contributed by atoms with van der Waals surface area (Å²) in [6.07, 6.45) is 0.627. The molecule has 10 heteroatoms. The van der Waals surface area contributed by atoms with Crippen molar-refractivity contribution in [2.24, 2.45) is 0 Å². The number of benzene rings is 2. The molecule has 2 saturated heterocycles. The van der Waals surface area contributed by atoms with Gasteiger partial charge in [-0.15, -0.1) is 0 Å². The van der Waals surface area contributed by atoms with E-state index < -0.39 is 26.8 Å². The molecule has 38 heavy (non-hydrogen) atoms. The number of aryl methyl sites for hydroxylation is 1. The average Bonchev–Trinajstić information content (AvgIpc) is 2.95. The summed E-state index contributed by atoms with van der Waals surface area (Å²) in [6.45, 7) is 2.85. The lowest BCUT2D eigenvalue weighted by Crippen LogP contribution is -2.57. The Labute approximate surface area is 224 Å². The van der Waals surface area contributed by atoms with E-state index in [4.69, 9.17) is 19.3 Å². The van der Waals surface area contributed by atoms with Crippen molar-refractivity contribution in [1.29, 1.82) is 0 Å². The van der Waals surface area contributed by atoms with Gasteiger partial charge in [0.05, 0.1) is 13.7 Å². The number of hydrogen-bond donors (Lipinski definition) is 2. The molecule has 0 unspecified atom stereocenters. The summed E-state index contributed by atoms with van der Waals surface area (Å²) in [6, 6.07) is 13.9. The highest BCUT2D eigenvalue weighted by Gasteiger charge is 2.55. The van der Waals surface area contributed by atoms with Gasteiger partial charge in [0.25, 0.3) is 0 Å². The molecule has 9 nitrogen and oxygen atoms in total. The minimum Gasteiger partial charge on any atom is -0.491 e. The van der Waals surface area contributed by atoms with Crippen LogP contribution in [0.3, 0.4) is 0 Å². The number of piperidine rings is 1. The van der Waals surface area contributed by atoms with Crippen LogP contribution < -0.4 is 4.74 Å². The fourth-order valence-electron chi connectivity index (χ4n) is 5.39. The first-order valence-corrected chi connectivity index (χ1v) is 14.4. The second-order valence-corrected chi connectivity index (χ2v) is 12.3. The summed E-state index contributed by atoms with van der Waals surface area (Å²) in [5.41, 5.74) is 4.30. The van der Waals surface area contributed by atoms with Crippen molar-refractivity contribution in [3.63, 3.8) is 0 Å². The van der Waals surface area contributed by atoms with Crippen LogP contribution in [0, 0.1) is 6.92 Å². The van der Waals surface area contributed by atoms with Crippen LogP contribution in [0.1, 0.15) is 42.7 Å². The zero-order valence-electron chi connectivity index (χ0n) is 22.0. The Morgan fingerprint density at radius 1 is 1.16 bits per heavy atom. The summed E-state index contributed by atoms with van der Waals surface area (Å²) in [7, 11) is -2.66. The van der Waals surface area contributed by atoms with E-state index in [0.717, 1.165) is 22.3 Å². The van der Waals surface area contributed by atoms with Crippen molar-refractivity contribution < 1.29 is 37.6 Å². The van der Waals surface area contributed by atoms with E-state index in [1.165, 1.54) is 11.4 Å². The number of hydrogen-bond acceptors (Lipinski definition) is 8. The maximum absolute atomic E-state index is 13.6. The van der Waals surface area contributed by atoms with E-state index in [2.05, 4.69) is 18.2 Å². The first kappa shape index (κ1) is 28.5. The van der Waals surface area contributed by atoms with Crippen LogP contribution in [0.2, 0.25) is 0 Å². The number of rotatable bonds is 9. The maximum atomic E-state index is 13.6. The van der Waals surface area contributed by atoms with Gasteiger partial charge in [0.2, 0.25) is 10.0 Å². The third-order valence-electron chi connectivity index (χ3n) is 7.67. The van der Waals surface area contributed by atoms with Gasteiger partial charge in [0.1, 0.15) is 18.5 Å². The molecule has 0 saturated carbocycles. The largest absolute Gasteiger partial charge is 0.491 e. The van der Waals surface area contributed by atoms with Crippen molar-refractivity contribution >= 4 is 16.0 Å². The van der Waals surface area contributed by atoms with E-state index >= 15 is 0 Å². The summed E-state index contributed by atoms with van der Waals surface area (Å²) in [5, 5.41) is 18.5. The summed E-state index contributed by atoms with van der Waals surface area (Å²) >= 11 is 0. The molecule has 2 aromatic rings. The number of carbonyl (C=O) groups is 1. The molecule has 2 aliphatic heterocycles. The Hall–Kier alpha value is -2.50. The van der Waals surface area contributed by atoms with E-state index in [0.29, 0.717) is 31.7 Å². The minimum atomic E-state index is -3.89. The van der Waals surface area contributed by atoms with Gasteiger partial charge in [0.15, 0.2) is 4.75 Å². The Morgan fingerprint density at radius 2 is 1.87 bits per heavy atom. The molecule has 1 atom stereocenters. The van der Waals surface area contributed by atoms with Gasteiger partial charge in [-0.3, -0.25) is 4.79 Å². The second-order valence-electron chi connectivity index (χ2n) is 10.0. The minimum absolute atomic E-state index is 0.0147. The van der Waals surface area contributed by atoms with Crippen molar-refractivity contribution in [2.45, 2.75) is 49.4 Å². The van der Waals surface area contributed by atoms with Crippen LogP contribution >= 0.6 is 0 Å². The van der Waals surface area contributed by atoms with Crippen molar-refractivity contribution in [3.8, 4) is 16.9 Å². The first-order chi connectivity index (χ1) is 18.2. The molecule has 2 aromatic carbocycles. The fourth-order valence-corrected chi connectivity index (χ4v) is 7.56. The number of carbonyl (C=O) groups excluding carboxylic acids is 1. The molecular weight excluding hydrogens is 510 g/mol. The van der Waals surface area contributed by atoms with Crippen molar-refractivity contribution in [1.82, 2.24) is 4.31 Å². The molecule has 0 radical (unpaired) electrons. The molecule has 0 aliphatic carbocycles. The SMILES string of the molecule is COC(=O)C1(S(=O)(=O)N2CCC(c3ccc(-c4cccc(OC[C@@H](O)CO)c4)c(C)c3)CC2)CCOCC1. The number of aliphatic hydroxyl groups excluding tert-OH is 2. The van der Waals surface area contributed by atoms with Gasteiger partial charge in [-0.05, 0) is 60.1 Å². The molecule has 2 N–H and O–H groups in total. The van der Waals surface area contributed by atoms with Gasteiger partial charge in [0, 0.05) is 39.1 Å². The van der Waals surface area contributed by atoms with Crippen LogP contribution in [0.4, 0.5) is 0 Å². The predicted octanol–water partition coefficient (Wildman–Crippen LogP) is 2.63. The van der Waals surface area contributed by atoms with Gasteiger partial charge in [-0.1, -0.05) is 30.3 Å². The third kappa shape index (κ3) is 5.74. The molecule has 4 rings (SSSR count). The van der Waals surface area contributed by atoms with Crippen molar-refractivity contribution in [3.05, 3.63) is 53.6 Å². The summed E-state index contributed by atoms with van der Waals surface area (Å²) in [5.74, 6) is 0.127. The number of ether oxygens (including phenoxy) is 3. The van der Waals surface area contributed by atoms with E-state index in [-0.39, 0.29) is 45.2 Å². The molecule has 2 fully saturated rings. The number of sulfonamides is 1. The van der Waals surface area contributed by atoms with Crippen LogP contribution in [-0.4, -0.2) is 86.4 Å². The highest BCUT2D eigenvalue weighted by Crippen LogP contribution is 2.38. The Bertz CT molecular complexity index is 1220. The Kier molecular flexibility index (Phi) is 9.10. The third-order valence-corrected chi connectivity index (χ3v) is 10.3. The summed E-state index contributed by atoms with van der Waals surface area (Å²) < 4.78 is 43.0. The molecule has 0 amide bonds. The Morgan fingerprint density at radius 3 is 2.50 bits per heavy atom. The molecular formula is C28H37NO8S. The zero-order chi connectivity index (χ0) is 27.3. The highest BCUT2D eigenvalue weighted by molar-refractivity contribution is 7.91. The fraction of sp³-hybridized carbons (Fsp3) is 0.536. The monoisotopic (exact) mass is 547 g/mol. The average molecular weight is 548 g/mol. The molecule has 2 aliphatic rings. The van der Waals surface area contributed by atoms with Gasteiger partial charge in [-0.25, -0.2) is 12.7 Å². The summed E-state index contributed by atoms with van der Waals surface area (Å²) in [4.78, 5) is 12.6. The standard InChI is InChI=1S/C28H37NO8S/c1-20-16-22(6-7-26(20)23-4-3-5-25(17-23)37-19-24(31)18-30)21-8-12-29(13-9-21)38(33,34)28(27(32)35-2)10-14-36-15-11-28/h3-7,16-17,21,24,30-31H,8-15,18-19H2,1-2H3/t24-/m0/s1. The first-order valence-electron chi connectivity index (χ1n) is 13.0. The van der Waals surface area contributed by atoms with E-state index in [1.54, 1.807) is 0 Å². The normalized spacial score (nSPS) is 19.6. The molecule has 208 valence electrons. The number of esters is 1. The molecule has 2 heterocycles. The van der Waals surface area contributed by atoms with Gasteiger partial charge >= 0.3 is 5.97 Å². The number of methoxy groups -OCH3 is 1. The zero-order valence-corrected chi connectivity index (χ0v) is 22.8. The lowest BCUT2D eigenvalue weighted by molar-refractivity contribution is -0.146. The number of nitrogens with zero attached hydrogens (tertiary/aromatic N) is 1. The molecule has 0 bridgehead atoms. The van der Waals surface area contributed by atoms with Crippen LogP contribution in [0.25, 0.3) is 11.1 Å². The van der Waals surface area contributed by atoms with Gasteiger partial charge in [-0.2, -0.15) is 0 Å². The predicted molar refractivity (Wildman–Crippen MR) is 142 cm³/mol. The van der Waals surface area contributed by atoms with Crippen LogP contribution in [-0.2, 0) is 24.3 Å². The molecule has 0 aromatic heterocycles. The van der Waals surface area contributed by atoms with Crippen molar-refractivity contribution in [2.75, 3.05) is 46.6 Å². The highest BCUT2D eigenvalue weighted by atomic mass is 32.2. The van der Waals surface area contributed by atoms with E-state index in [1.807, 2.05) is 31.2 Å². The lowest BCUT2D eigenvalue weighted by atomic mass is 9.87. The number of aliphatic hydroxyl groups is 2. The lowest BCUT2D eigenvalue weighted by Gasteiger charge is -2.40. The van der Waals surface area contributed by atoms with Gasteiger partial charge < -0.3 is 24.4 Å². The van der Waals surface area contributed by atoms with E-state index in [9.17, 15) is 18.3 Å². The van der Waals surface area contributed by atoms with Crippen LogP contribution in [0.5, 0.6) is 5.75 Å². The maximum Gasteiger partial charge on any atom is 0.328 e. The molecule has 0 spiro atoms. The van der Waals surface area contributed by atoms with Crippen LogP contribution in [0.15, 0.2) is 42.5 Å². The smallest absolute Gasteiger partial charge is 0.328 e. The quantitative estimate of drug-likeness (QED) is 0.460. The Balaban J connectivity index is 1.45. The second kappa shape index (κ2) is 12.1. The topological polar surface area (TPSA) is 123 Å².